The fraction of sp³-hybridized carbons (Fsp3) is 0.769. The van der Waals surface area contributed by atoms with Crippen molar-refractivity contribution >= 4 is 5.91 Å². The van der Waals surface area contributed by atoms with Crippen LogP contribution in [0.5, 0.6) is 0 Å². The van der Waals surface area contributed by atoms with E-state index in [9.17, 15) is 4.79 Å². The molecular formula is C13H22N4O3. The summed E-state index contributed by atoms with van der Waals surface area (Å²) in [5, 5.41) is 7.54. The van der Waals surface area contributed by atoms with Crippen LogP contribution in [0.1, 0.15) is 35.8 Å². The average Bonchev–Trinajstić information content (AvgIpc) is 2.89. The van der Waals surface area contributed by atoms with Crippen LogP contribution < -0.4 is 0 Å². The number of likely N-dealkylation sites (tertiary alicyclic amines) is 1. The smallest absolute Gasteiger partial charge is 0.311 e. The number of rotatable bonds is 5. The predicted octanol–water partition coefficient (Wildman–Crippen LogP) is 0.772. The molecule has 0 bridgehead atoms. The van der Waals surface area contributed by atoms with E-state index < -0.39 is 0 Å². The molecule has 0 N–H and O–H groups in total. The number of hydrogen-bond acceptors (Lipinski definition) is 6. The third-order valence-corrected chi connectivity index (χ3v) is 3.67. The fourth-order valence-electron chi connectivity index (χ4n) is 2.46. The second-order valence-electron chi connectivity index (χ2n) is 5.25. The molecule has 1 aliphatic heterocycles. The van der Waals surface area contributed by atoms with Crippen LogP contribution in [0.25, 0.3) is 0 Å². The minimum atomic E-state index is -0.237. The van der Waals surface area contributed by atoms with E-state index in [1.54, 1.807) is 11.9 Å². The number of nitrogens with zero attached hydrogens (tertiary/aromatic N) is 4. The van der Waals surface area contributed by atoms with Gasteiger partial charge in [-0.15, -0.1) is 10.2 Å². The highest BCUT2D eigenvalue weighted by Gasteiger charge is 2.25. The highest BCUT2D eigenvalue weighted by Crippen LogP contribution is 2.16. The van der Waals surface area contributed by atoms with Gasteiger partial charge in [0, 0.05) is 26.7 Å². The van der Waals surface area contributed by atoms with Crippen molar-refractivity contribution in [2.45, 2.75) is 31.9 Å². The van der Waals surface area contributed by atoms with Crippen molar-refractivity contribution in [2.24, 2.45) is 0 Å². The van der Waals surface area contributed by atoms with E-state index in [1.807, 2.05) is 0 Å². The lowest BCUT2D eigenvalue weighted by atomic mass is 10.0. The van der Waals surface area contributed by atoms with Crippen LogP contribution in [0.4, 0.5) is 0 Å². The molecule has 1 aromatic rings. The Morgan fingerprint density at radius 3 is 3.00 bits per heavy atom. The molecular weight excluding hydrogens is 260 g/mol. The van der Waals surface area contributed by atoms with E-state index in [1.165, 1.54) is 20.0 Å². The number of ether oxygens (including phenoxy) is 1. The molecule has 20 heavy (non-hydrogen) atoms. The predicted molar refractivity (Wildman–Crippen MR) is 72.2 cm³/mol. The van der Waals surface area contributed by atoms with Crippen molar-refractivity contribution in [1.82, 2.24) is 20.0 Å². The van der Waals surface area contributed by atoms with Gasteiger partial charge in [-0.2, -0.15) is 0 Å². The lowest BCUT2D eigenvalue weighted by molar-refractivity contribution is 0.0672. The van der Waals surface area contributed by atoms with Gasteiger partial charge in [0.1, 0.15) is 6.61 Å². The molecule has 2 rings (SSSR count). The standard InChI is InChI=1S/C13H22N4O3/c1-16-7-5-4-6-10(16)8-17(2)13(18)12-15-14-11(20-12)9-19-3/h10H,4-9H2,1-3H3/t10-/m0/s1. The summed E-state index contributed by atoms with van der Waals surface area (Å²) in [6.45, 7) is 1.98. The zero-order valence-corrected chi connectivity index (χ0v) is 12.3. The Hall–Kier alpha value is -1.47. The summed E-state index contributed by atoms with van der Waals surface area (Å²) >= 11 is 0. The Balaban J connectivity index is 1.93. The number of hydrogen-bond donors (Lipinski definition) is 0. The first-order chi connectivity index (χ1) is 9.61. The summed E-state index contributed by atoms with van der Waals surface area (Å²) in [5.41, 5.74) is 0. The Bertz CT molecular complexity index is 449. The normalized spacial score (nSPS) is 20.1. The quantitative estimate of drug-likeness (QED) is 0.794. The maximum Gasteiger partial charge on any atom is 0.311 e. The number of likely N-dealkylation sites (N-methyl/N-ethyl adjacent to an activating group) is 2. The first-order valence-corrected chi connectivity index (χ1v) is 6.89. The van der Waals surface area contributed by atoms with Crippen LogP contribution in [0.15, 0.2) is 4.42 Å². The van der Waals surface area contributed by atoms with Crippen molar-refractivity contribution in [1.29, 1.82) is 0 Å². The molecule has 1 aromatic heterocycles. The van der Waals surface area contributed by atoms with Crippen molar-refractivity contribution in [3.8, 4) is 0 Å². The first kappa shape index (κ1) is 14.9. The summed E-state index contributed by atoms with van der Waals surface area (Å²) < 4.78 is 10.2. The van der Waals surface area contributed by atoms with Crippen molar-refractivity contribution in [3.05, 3.63) is 11.8 Å². The van der Waals surface area contributed by atoms with Crippen molar-refractivity contribution < 1.29 is 13.9 Å². The van der Waals surface area contributed by atoms with Gasteiger partial charge >= 0.3 is 11.8 Å². The van der Waals surface area contributed by atoms with Crippen LogP contribution in [-0.4, -0.2) is 66.2 Å². The van der Waals surface area contributed by atoms with Crippen molar-refractivity contribution in [2.75, 3.05) is 34.3 Å². The van der Waals surface area contributed by atoms with Crippen LogP contribution in [0.3, 0.4) is 0 Å². The van der Waals surface area contributed by atoms with E-state index in [4.69, 9.17) is 9.15 Å². The monoisotopic (exact) mass is 282 g/mol. The van der Waals surface area contributed by atoms with Gasteiger partial charge in [0.05, 0.1) is 0 Å². The van der Waals surface area contributed by atoms with Gasteiger partial charge in [-0.05, 0) is 26.4 Å². The summed E-state index contributed by atoms with van der Waals surface area (Å²) in [6.07, 6.45) is 3.57. The lowest BCUT2D eigenvalue weighted by Gasteiger charge is -2.34. The molecule has 112 valence electrons. The van der Waals surface area contributed by atoms with Gasteiger partial charge in [0.2, 0.25) is 5.89 Å². The molecule has 7 nitrogen and oxygen atoms in total. The molecule has 0 spiro atoms. The van der Waals surface area contributed by atoms with Crippen LogP contribution >= 0.6 is 0 Å². The fourth-order valence-corrected chi connectivity index (χ4v) is 2.46. The molecule has 0 aliphatic carbocycles. The van der Waals surface area contributed by atoms with Gasteiger partial charge in [-0.3, -0.25) is 4.79 Å². The minimum Gasteiger partial charge on any atom is -0.414 e. The molecule has 1 atom stereocenters. The van der Waals surface area contributed by atoms with E-state index in [-0.39, 0.29) is 18.4 Å². The maximum atomic E-state index is 12.2. The lowest BCUT2D eigenvalue weighted by Crippen LogP contribution is -2.45. The van der Waals surface area contributed by atoms with Crippen LogP contribution in [0.2, 0.25) is 0 Å². The van der Waals surface area contributed by atoms with Gasteiger partial charge in [-0.25, -0.2) is 0 Å². The molecule has 0 saturated carbocycles. The number of aromatic nitrogens is 2. The number of amides is 1. The summed E-state index contributed by atoms with van der Waals surface area (Å²) in [4.78, 5) is 16.2. The first-order valence-electron chi connectivity index (χ1n) is 6.89. The van der Waals surface area contributed by atoms with Gasteiger partial charge < -0.3 is 19.0 Å². The topological polar surface area (TPSA) is 71.7 Å². The molecule has 0 aromatic carbocycles. The van der Waals surface area contributed by atoms with E-state index >= 15 is 0 Å². The van der Waals surface area contributed by atoms with E-state index in [0.29, 0.717) is 18.5 Å². The number of piperidine rings is 1. The summed E-state index contributed by atoms with van der Waals surface area (Å²) in [6, 6.07) is 0.402. The zero-order valence-electron chi connectivity index (χ0n) is 12.3. The van der Waals surface area contributed by atoms with Crippen LogP contribution in [0, 0.1) is 0 Å². The summed E-state index contributed by atoms with van der Waals surface area (Å²) in [5.74, 6) is 0.107. The van der Waals surface area contributed by atoms with Crippen LogP contribution in [-0.2, 0) is 11.3 Å². The number of carbonyl (C=O) groups excluding carboxylic acids is 1. The Labute approximate surface area is 118 Å². The van der Waals surface area contributed by atoms with Gasteiger partial charge in [-0.1, -0.05) is 6.42 Å². The Kier molecular flexibility index (Phi) is 5.08. The second kappa shape index (κ2) is 6.81. The third-order valence-electron chi connectivity index (χ3n) is 3.67. The molecule has 7 heteroatoms. The molecule has 0 unspecified atom stereocenters. The number of carbonyl (C=O) groups is 1. The maximum absolute atomic E-state index is 12.2. The molecule has 1 fully saturated rings. The highest BCUT2D eigenvalue weighted by atomic mass is 16.5. The average molecular weight is 282 g/mol. The third kappa shape index (κ3) is 3.55. The second-order valence-corrected chi connectivity index (χ2v) is 5.25. The van der Waals surface area contributed by atoms with Gasteiger partial charge in [0.15, 0.2) is 0 Å². The Morgan fingerprint density at radius 1 is 1.50 bits per heavy atom. The van der Waals surface area contributed by atoms with Gasteiger partial charge in [0.25, 0.3) is 0 Å². The SMILES string of the molecule is COCc1nnc(C(=O)N(C)C[C@@H]2CCCCN2C)o1. The molecule has 1 amide bonds. The molecule has 1 aliphatic rings. The minimum absolute atomic E-state index is 0.0259. The van der Waals surface area contributed by atoms with Crippen molar-refractivity contribution in [3.63, 3.8) is 0 Å². The van der Waals surface area contributed by atoms with E-state index in [2.05, 4.69) is 22.1 Å². The summed E-state index contributed by atoms with van der Waals surface area (Å²) in [7, 11) is 5.41. The molecule has 1 saturated heterocycles. The molecule has 2 heterocycles. The zero-order chi connectivity index (χ0) is 14.5. The van der Waals surface area contributed by atoms with E-state index in [0.717, 1.165) is 13.0 Å². The highest BCUT2D eigenvalue weighted by molar-refractivity contribution is 5.89. The number of methoxy groups -OCH3 is 1. The Morgan fingerprint density at radius 2 is 2.30 bits per heavy atom. The largest absolute Gasteiger partial charge is 0.414 e. The molecule has 0 radical (unpaired) electrons.